The number of carboxylic acid groups (broad SMARTS) is 3. The van der Waals surface area contributed by atoms with Gasteiger partial charge in [-0.25, -0.2) is 14.4 Å². The first kappa shape index (κ1) is 27.6. The Morgan fingerprint density at radius 3 is 2.14 bits per heavy atom. The lowest BCUT2D eigenvalue weighted by Gasteiger charge is -2.27. The van der Waals surface area contributed by atoms with Crippen LogP contribution in [0.15, 0.2) is 66.8 Å². The summed E-state index contributed by atoms with van der Waals surface area (Å²) in [7, 11) is 0. The van der Waals surface area contributed by atoms with Gasteiger partial charge in [0.1, 0.15) is 0 Å². The standard InChI is InChI=1S/C22H25ClN2O2.C4H4O4/c23-19-12-11-18-10-9-17-6-1-2-7-20(17)25(21(18)16-19)15-4-3-13-24-14-5-8-22(26)27;5-3(6)1-2-4(7)8/h1-2,5-8,11-12,16,24H,3-4,9-10,13-15H2,(H,26,27);1-2H,(H,5,6)(H,7,8)/b8-5+;2-1-. The van der Waals surface area contributed by atoms with E-state index in [0.29, 0.717) is 18.7 Å². The number of para-hydroxylation sites is 1. The summed E-state index contributed by atoms with van der Waals surface area (Å²) >= 11 is 6.29. The van der Waals surface area contributed by atoms with Crippen molar-refractivity contribution in [1.82, 2.24) is 5.32 Å². The van der Waals surface area contributed by atoms with Crippen LogP contribution in [0, 0.1) is 0 Å². The third-order valence-electron chi connectivity index (χ3n) is 5.16. The van der Waals surface area contributed by atoms with E-state index in [4.69, 9.17) is 26.9 Å². The fraction of sp³-hybridized carbons (Fsp3) is 0.269. The van der Waals surface area contributed by atoms with Crippen molar-refractivity contribution in [2.45, 2.75) is 25.7 Å². The van der Waals surface area contributed by atoms with Crippen LogP contribution in [-0.4, -0.2) is 52.9 Å². The van der Waals surface area contributed by atoms with Crippen LogP contribution in [0.2, 0.25) is 5.02 Å². The van der Waals surface area contributed by atoms with E-state index in [0.717, 1.165) is 43.8 Å². The Bertz CT molecular complexity index is 1070. The summed E-state index contributed by atoms with van der Waals surface area (Å²) in [5.41, 5.74) is 5.20. The number of aliphatic carboxylic acids is 3. The molecular formula is C26H29ClN2O6. The Balaban J connectivity index is 0.000000466. The average Bonchev–Trinajstić information content (AvgIpc) is 2.96. The maximum Gasteiger partial charge on any atom is 0.328 e. The SMILES string of the molecule is O=C(O)/C=C/CNCCCCN1c2ccccc2CCc2ccc(Cl)cc21.O=C(O)/C=C\C(=O)O. The van der Waals surface area contributed by atoms with Gasteiger partial charge in [0.15, 0.2) is 0 Å². The number of nitrogens with zero attached hydrogens (tertiary/aromatic N) is 1. The third kappa shape index (κ3) is 10.0. The summed E-state index contributed by atoms with van der Waals surface area (Å²) in [5, 5.41) is 28.2. The Morgan fingerprint density at radius 1 is 0.857 bits per heavy atom. The molecule has 1 aliphatic heterocycles. The molecule has 0 aromatic heterocycles. The van der Waals surface area contributed by atoms with Gasteiger partial charge in [0, 0.05) is 47.7 Å². The number of hydrogen-bond acceptors (Lipinski definition) is 5. The zero-order valence-electron chi connectivity index (χ0n) is 19.2. The van der Waals surface area contributed by atoms with Gasteiger partial charge in [0.25, 0.3) is 0 Å². The van der Waals surface area contributed by atoms with E-state index in [1.54, 1.807) is 6.08 Å². The molecule has 0 atom stereocenters. The number of anilines is 2. The molecule has 0 unspecified atom stereocenters. The Morgan fingerprint density at radius 2 is 1.49 bits per heavy atom. The van der Waals surface area contributed by atoms with Crippen molar-refractivity contribution in [2.24, 2.45) is 0 Å². The van der Waals surface area contributed by atoms with E-state index in [1.165, 1.54) is 28.6 Å². The second kappa shape index (κ2) is 14.6. The molecule has 1 aliphatic rings. The lowest BCUT2D eigenvalue weighted by Crippen LogP contribution is -2.22. The minimum Gasteiger partial charge on any atom is -0.478 e. The maximum absolute atomic E-state index is 10.4. The van der Waals surface area contributed by atoms with E-state index in [1.807, 2.05) is 6.07 Å². The highest BCUT2D eigenvalue weighted by molar-refractivity contribution is 6.30. The molecule has 0 amide bonds. The largest absolute Gasteiger partial charge is 0.478 e. The quantitative estimate of drug-likeness (QED) is 0.281. The van der Waals surface area contributed by atoms with Crippen LogP contribution >= 0.6 is 11.6 Å². The predicted molar refractivity (Wildman–Crippen MR) is 136 cm³/mol. The van der Waals surface area contributed by atoms with Crippen molar-refractivity contribution in [3.8, 4) is 0 Å². The zero-order valence-corrected chi connectivity index (χ0v) is 19.9. The van der Waals surface area contributed by atoms with Gasteiger partial charge in [0.2, 0.25) is 0 Å². The number of aryl methyl sites for hydroxylation is 2. The molecule has 35 heavy (non-hydrogen) atoms. The van der Waals surface area contributed by atoms with Gasteiger partial charge < -0.3 is 25.5 Å². The topological polar surface area (TPSA) is 127 Å². The third-order valence-corrected chi connectivity index (χ3v) is 5.40. The maximum atomic E-state index is 10.4. The first-order valence-corrected chi connectivity index (χ1v) is 11.5. The van der Waals surface area contributed by atoms with Crippen LogP contribution < -0.4 is 10.2 Å². The smallest absolute Gasteiger partial charge is 0.328 e. The molecule has 4 N–H and O–H groups in total. The number of unbranched alkanes of at least 4 members (excludes halogenated alkanes) is 1. The lowest BCUT2D eigenvalue weighted by molar-refractivity contribution is -0.134. The first-order valence-electron chi connectivity index (χ1n) is 11.2. The van der Waals surface area contributed by atoms with Gasteiger partial charge >= 0.3 is 17.9 Å². The van der Waals surface area contributed by atoms with Crippen molar-refractivity contribution >= 4 is 40.9 Å². The average molecular weight is 501 g/mol. The van der Waals surface area contributed by atoms with E-state index >= 15 is 0 Å². The minimum absolute atomic E-state index is 0.558. The van der Waals surface area contributed by atoms with Gasteiger partial charge in [-0.15, -0.1) is 0 Å². The number of halogens is 1. The van der Waals surface area contributed by atoms with E-state index in [2.05, 4.69) is 46.6 Å². The Kier molecular flexibility index (Phi) is 11.5. The molecule has 0 radical (unpaired) electrons. The number of carbonyl (C=O) groups is 3. The highest BCUT2D eigenvalue weighted by atomic mass is 35.5. The van der Waals surface area contributed by atoms with E-state index < -0.39 is 17.9 Å². The fourth-order valence-electron chi connectivity index (χ4n) is 3.63. The Labute approximate surface area is 209 Å². The molecule has 9 heteroatoms. The molecule has 0 aliphatic carbocycles. The van der Waals surface area contributed by atoms with Crippen molar-refractivity contribution in [3.63, 3.8) is 0 Å². The highest BCUT2D eigenvalue weighted by Crippen LogP contribution is 2.37. The van der Waals surface area contributed by atoms with E-state index in [-0.39, 0.29) is 0 Å². The molecular weight excluding hydrogens is 472 g/mol. The fourth-order valence-corrected chi connectivity index (χ4v) is 3.80. The summed E-state index contributed by atoms with van der Waals surface area (Å²) < 4.78 is 0. The monoisotopic (exact) mass is 500 g/mol. The van der Waals surface area contributed by atoms with Crippen molar-refractivity contribution < 1.29 is 29.7 Å². The van der Waals surface area contributed by atoms with E-state index in [9.17, 15) is 14.4 Å². The molecule has 1 heterocycles. The van der Waals surface area contributed by atoms with Crippen molar-refractivity contribution in [2.75, 3.05) is 24.5 Å². The van der Waals surface area contributed by atoms with Crippen LogP contribution in [0.25, 0.3) is 0 Å². The van der Waals surface area contributed by atoms with Gasteiger partial charge in [-0.2, -0.15) is 0 Å². The number of hydrogen-bond donors (Lipinski definition) is 4. The van der Waals surface area contributed by atoms with Crippen molar-refractivity contribution in [3.05, 3.63) is 82.9 Å². The van der Waals surface area contributed by atoms with Gasteiger partial charge in [-0.05, 0) is 61.6 Å². The molecule has 2 aromatic rings. The molecule has 0 spiro atoms. The molecule has 0 bridgehead atoms. The molecule has 186 valence electrons. The number of benzene rings is 2. The van der Waals surface area contributed by atoms with Crippen LogP contribution in [0.4, 0.5) is 11.4 Å². The summed E-state index contributed by atoms with van der Waals surface area (Å²) in [6.07, 6.45) is 8.04. The van der Waals surface area contributed by atoms with Gasteiger partial charge in [-0.3, -0.25) is 0 Å². The first-order chi connectivity index (χ1) is 16.8. The lowest BCUT2D eigenvalue weighted by atomic mass is 10.0. The van der Waals surface area contributed by atoms with Crippen LogP contribution in [-0.2, 0) is 27.2 Å². The summed E-state index contributed by atoms with van der Waals surface area (Å²) in [4.78, 5) is 31.9. The van der Waals surface area contributed by atoms with Crippen LogP contribution in [0.3, 0.4) is 0 Å². The van der Waals surface area contributed by atoms with Crippen LogP contribution in [0.1, 0.15) is 24.0 Å². The van der Waals surface area contributed by atoms with Crippen LogP contribution in [0.5, 0.6) is 0 Å². The number of nitrogens with one attached hydrogen (secondary N) is 1. The summed E-state index contributed by atoms with van der Waals surface area (Å²) in [5.74, 6) is -3.42. The summed E-state index contributed by atoms with van der Waals surface area (Å²) in [6.45, 7) is 2.37. The normalized spacial score (nSPS) is 12.4. The number of fused-ring (bicyclic) bond motifs is 2. The van der Waals surface area contributed by atoms with Gasteiger partial charge in [-0.1, -0.05) is 41.9 Å². The number of rotatable bonds is 10. The predicted octanol–water partition coefficient (Wildman–Crippen LogP) is 4.30. The van der Waals surface area contributed by atoms with Crippen molar-refractivity contribution in [1.29, 1.82) is 0 Å². The summed E-state index contributed by atoms with van der Waals surface area (Å²) in [6, 6.07) is 14.8. The minimum atomic E-state index is -1.26. The zero-order chi connectivity index (χ0) is 25.6. The molecule has 2 aromatic carbocycles. The molecule has 3 rings (SSSR count). The molecule has 0 saturated carbocycles. The molecule has 0 fully saturated rings. The molecule has 0 saturated heterocycles. The van der Waals surface area contributed by atoms with Gasteiger partial charge in [0.05, 0.1) is 0 Å². The Hall–Kier alpha value is -3.62. The number of carboxylic acids is 3. The highest BCUT2D eigenvalue weighted by Gasteiger charge is 2.20. The second-order valence-corrected chi connectivity index (χ2v) is 8.15. The second-order valence-electron chi connectivity index (χ2n) is 7.72. The molecule has 8 nitrogen and oxygen atoms in total.